The van der Waals surface area contributed by atoms with E-state index >= 15 is 0 Å². The molecule has 0 unspecified atom stereocenters. The number of benzene rings is 3. The molecule has 32 heavy (non-hydrogen) atoms. The van der Waals surface area contributed by atoms with Gasteiger partial charge in [0, 0.05) is 6.07 Å². The largest absolute Gasteiger partial charge is 0.493 e. The van der Waals surface area contributed by atoms with Crippen LogP contribution in [0.4, 0.5) is 0 Å². The number of aryl methyl sites for hydroxylation is 1. The van der Waals surface area contributed by atoms with Gasteiger partial charge < -0.3 is 18.6 Å². The average Bonchev–Trinajstić information content (AvgIpc) is 2.82. The Hall–Kier alpha value is -3.99. The second-order valence-corrected chi connectivity index (χ2v) is 7.21. The normalized spacial score (nSPS) is 11.1. The minimum absolute atomic E-state index is 0.105. The third-order valence-corrected chi connectivity index (χ3v) is 5.17. The van der Waals surface area contributed by atoms with Gasteiger partial charge in [-0.25, -0.2) is 0 Å². The lowest BCUT2D eigenvalue weighted by Crippen LogP contribution is -2.08. The molecular weight excluding hydrogens is 404 g/mol. The van der Waals surface area contributed by atoms with E-state index in [4.69, 9.17) is 18.6 Å². The van der Waals surface area contributed by atoms with Gasteiger partial charge in [0.1, 0.15) is 23.7 Å². The zero-order chi connectivity index (χ0) is 22.5. The summed E-state index contributed by atoms with van der Waals surface area (Å²) < 4.78 is 22.5. The molecule has 0 aliphatic rings. The summed E-state index contributed by atoms with van der Waals surface area (Å²) in [6.07, 6.45) is 3.95. The minimum atomic E-state index is -0.105. The highest BCUT2D eigenvalue weighted by atomic mass is 16.5. The summed E-state index contributed by atoms with van der Waals surface area (Å²) in [5.74, 6) is 2.31. The molecule has 1 aromatic heterocycles. The second-order valence-electron chi connectivity index (χ2n) is 7.21. The van der Waals surface area contributed by atoms with Gasteiger partial charge in [-0.3, -0.25) is 4.79 Å². The van der Waals surface area contributed by atoms with Crippen LogP contribution in [0.15, 0.2) is 82.0 Å². The van der Waals surface area contributed by atoms with Gasteiger partial charge in [0.25, 0.3) is 0 Å². The van der Waals surface area contributed by atoms with Crippen molar-refractivity contribution in [2.45, 2.75) is 6.92 Å². The highest BCUT2D eigenvalue weighted by Crippen LogP contribution is 2.33. The van der Waals surface area contributed by atoms with E-state index in [1.807, 2.05) is 48.6 Å². The summed E-state index contributed by atoms with van der Waals surface area (Å²) in [4.78, 5) is 13.2. The average molecular weight is 428 g/mol. The molecule has 0 atom stereocenters. The van der Waals surface area contributed by atoms with Gasteiger partial charge in [-0.2, -0.15) is 0 Å². The predicted molar refractivity (Wildman–Crippen MR) is 127 cm³/mol. The molecule has 162 valence electrons. The van der Waals surface area contributed by atoms with E-state index in [9.17, 15) is 4.79 Å². The Morgan fingerprint density at radius 3 is 2.44 bits per heavy atom. The maximum Gasteiger partial charge on any atom is 0.200 e. The van der Waals surface area contributed by atoms with Crippen molar-refractivity contribution in [3.63, 3.8) is 0 Å². The number of hydrogen-bond donors (Lipinski definition) is 0. The van der Waals surface area contributed by atoms with E-state index in [2.05, 4.69) is 0 Å². The number of rotatable bonds is 7. The van der Waals surface area contributed by atoms with E-state index in [1.165, 1.54) is 0 Å². The number of fused-ring (bicyclic) bond motifs is 1. The third kappa shape index (κ3) is 4.37. The summed E-state index contributed by atoms with van der Waals surface area (Å²) in [5.41, 5.74) is 2.70. The van der Waals surface area contributed by atoms with Crippen LogP contribution in [0.25, 0.3) is 28.2 Å². The quantitative estimate of drug-likeness (QED) is 0.368. The molecule has 0 aliphatic carbocycles. The van der Waals surface area contributed by atoms with Crippen molar-refractivity contribution in [3.8, 4) is 28.4 Å². The molecule has 0 fully saturated rings. The Kier molecular flexibility index (Phi) is 6.26. The molecule has 5 nitrogen and oxygen atoms in total. The van der Waals surface area contributed by atoms with Gasteiger partial charge >= 0.3 is 0 Å². The Labute approximate surface area is 186 Å². The molecule has 0 N–H and O–H groups in total. The first-order chi connectivity index (χ1) is 15.6. The topological polar surface area (TPSA) is 57.9 Å². The van der Waals surface area contributed by atoms with Crippen molar-refractivity contribution in [2.24, 2.45) is 0 Å². The third-order valence-electron chi connectivity index (χ3n) is 5.17. The zero-order valence-corrected chi connectivity index (χ0v) is 18.3. The molecule has 4 rings (SSSR count). The molecule has 0 aliphatic heterocycles. The van der Waals surface area contributed by atoms with Crippen LogP contribution in [0.3, 0.4) is 0 Å². The maximum atomic E-state index is 13.2. The standard InChI is InChI=1S/C27H24O5/c1-18-26(20-11-14-23(29-2)25(16-20)30-3)27(28)22-13-12-21(17-24(22)32-18)31-15-7-10-19-8-5-4-6-9-19/h4-14,16-17H,15H2,1-3H3/b10-7+. The predicted octanol–water partition coefficient (Wildman–Crippen LogP) is 5.88. The summed E-state index contributed by atoms with van der Waals surface area (Å²) >= 11 is 0. The van der Waals surface area contributed by atoms with Crippen LogP contribution in [0.1, 0.15) is 11.3 Å². The Morgan fingerprint density at radius 1 is 0.906 bits per heavy atom. The first kappa shape index (κ1) is 21.2. The van der Waals surface area contributed by atoms with Crippen LogP contribution in [0.5, 0.6) is 17.2 Å². The van der Waals surface area contributed by atoms with Crippen LogP contribution in [0.2, 0.25) is 0 Å². The van der Waals surface area contributed by atoms with Crippen molar-refractivity contribution in [1.29, 1.82) is 0 Å². The Bertz CT molecular complexity index is 1320. The molecule has 3 aromatic carbocycles. The van der Waals surface area contributed by atoms with E-state index in [0.717, 1.165) is 5.56 Å². The highest BCUT2D eigenvalue weighted by molar-refractivity contribution is 5.84. The first-order valence-corrected chi connectivity index (χ1v) is 10.2. The van der Waals surface area contributed by atoms with Crippen molar-refractivity contribution in [2.75, 3.05) is 20.8 Å². The van der Waals surface area contributed by atoms with Gasteiger partial charge in [-0.1, -0.05) is 42.5 Å². The fourth-order valence-corrected chi connectivity index (χ4v) is 3.59. The van der Waals surface area contributed by atoms with E-state index in [1.54, 1.807) is 51.5 Å². The minimum Gasteiger partial charge on any atom is -0.493 e. The summed E-state index contributed by atoms with van der Waals surface area (Å²) in [7, 11) is 3.14. The van der Waals surface area contributed by atoms with Crippen molar-refractivity contribution < 1.29 is 18.6 Å². The van der Waals surface area contributed by atoms with Gasteiger partial charge in [0.2, 0.25) is 5.43 Å². The molecule has 0 radical (unpaired) electrons. The highest BCUT2D eigenvalue weighted by Gasteiger charge is 2.16. The van der Waals surface area contributed by atoms with E-state index in [0.29, 0.717) is 51.7 Å². The number of methoxy groups -OCH3 is 2. The fourth-order valence-electron chi connectivity index (χ4n) is 3.59. The van der Waals surface area contributed by atoms with Gasteiger partial charge in [-0.05, 0) is 48.4 Å². The molecular formula is C27H24O5. The van der Waals surface area contributed by atoms with Crippen LogP contribution in [0, 0.1) is 6.92 Å². The van der Waals surface area contributed by atoms with E-state index < -0.39 is 0 Å². The van der Waals surface area contributed by atoms with Crippen molar-refractivity contribution in [1.82, 2.24) is 0 Å². The van der Waals surface area contributed by atoms with Gasteiger partial charge in [0.05, 0.1) is 25.2 Å². The molecule has 0 saturated carbocycles. The lowest BCUT2D eigenvalue weighted by atomic mass is 10.0. The Balaban J connectivity index is 1.61. The first-order valence-electron chi connectivity index (χ1n) is 10.2. The van der Waals surface area contributed by atoms with E-state index in [-0.39, 0.29) is 5.43 Å². The molecule has 0 amide bonds. The summed E-state index contributed by atoms with van der Waals surface area (Å²) in [6, 6.07) is 20.7. The monoisotopic (exact) mass is 428 g/mol. The molecule has 0 bridgehead atoms. The van der Waals surface area contributed by atoms with Crippen molar-refractivity contribution >= 4 is 17.0 Å². The van der Waals surface area contributed by atoms with Gasteiger partial charge in [-0.15, -0.1) is 0 Å². The molecule has 5 heteroatoms. The van der Waals surface area contributed by atoms with Crippen LogP contribution < -0.4 is 19.6 Å². The summed E-state index contributed by atoms with van der Waals surface area (Å²) in [6.45, 7) is 2.19. The van der Waals surface area contributed by atoms with Crippen molar-refractivity contribution in [3.05, 3.63) is 94.4 Å². The fraction of sp³-hybridized carbons (Fsp3) is 0.148. The maximum absolute atomic E-state index is 13.2. The van der Waals surface area contributed by atoms with Crippen LogP contribution in [-0.4, -0.2) is 20.8 Å². The van der Waals surface area contributed by atoms with Crippen LogP contribution in [-0.2, 0) is 0 Å². The SMILES string of the molecule is COc1ccc(-c2c(C)oc3cc(OC/C=C/c4ccccc4)ccc3c2=O)cc1OC. The lowest BCUT2D eigenvalue weighted by Gasteiger charge is -2.12. The smallest absolute Gasteiger partial charge is 0.200 e. The second kappa shape index (κ2) is 9.43. The molecule has 0 spiro atoms. The lowest BCUT2D eigenvalue weighted by molar-refractivity contribution is 0.355. The molecule has 1 heterocycles. The zero-order valence-electron chi connectivity index (χ0n) is 18.3. The Morgan fingerprint density at radius 2 is 1.69 bits per heavy atom. The molecule has 0 saturated heterocycles. The number of ether oxygens (including phenoxy) is 3. The van der Waals surface area contributed by atoms with Crippen LogP contribution >= 0.6 is 0 Å². The summed E-state index contributed by atoms with van der Waals surface area (Å²) in [5, 5.41) is 0.493. The van der Waals surface area contributed by atoms with Gasteiger partial charge in [0.15, 0.2) is 11.5 Å². The number of hydrogen-bond acceptors (Lipinski definition) is 5. The molecule has 4 aromatic rings.